The fourth-order valence-electron chi connectivity index (χ4n) is 4.63. The normalized spacial score (nSPS) is 14.6. The third-order valence-corrected chi connectivity index (χ3v) is 5.88. The van der Waals surface area contributed by atoms with Crippen molar-refractivity contribution in [3.8, 4) is 0 Å². The molecule has 0 aliphatic carbocycles. The van der Waals surface area contributed by atoms with E-state index in [2.05, 4.69) is 132 Å². The van der Waals surface area contributed by atoms with Crippen molar-refractivity contribution in [2.45, 2.75) is 67.5 Å². The molecule has 0 aliphatic heterocycles. The Morgan fingerprint density at radius 2 is 1.24 bits per heavy atom. The maximum atomic E-state index is 2.40. The minimum absolute atomic E-state index is 0.100. The molecular formula is C27H37N2+. The van der Waals surface area contributed by atoms with Crippen molar-refractivity contribution >= 4 is 0 Å². The van der Waals surface area contributed by atoms with Gasteiger partial charge in [0.15, 0.2) is 0 Å². The molecule has 0 amide bonds. The molecule has 2 nitrogen and oxygen atoms in total. The first kappa shape index (κ1) is 21.4. The zero-order valence-electron chi connectivity index (χ0n) is 19.4. The lowest BCUT2D eigenvalue weighted by Crippen LogP contribution is -2.46. The fraction of sp³-hybridized carbons (Fsp3) is 0.444. The Labute approximate surface area is 177 Å². The monoisotopic (exact) mass is 389 g/mol. The Hall–Kier alpha value is -2.35. The van der Waals surface area contributed by atoms with E-state index in [9.17, 15) is 0 Å². The molecule has 2 atom stereocenters. The van der Waals surface area contributed by atoms with Gasteiger partial charge in [0.2, 0.25) is 6.33 Å². The highest BCUT2D eigenvalue weighted by Gasteiger charge is 2.36. The summed E-state index contributed by atoms with van der Waals surface area (Å²) in [6.45, 7) is 18.4. The van der Waals surface area contributed by atoms with Gasteiger partial charge in [0, 0.05) is 22.0 Å². The first-order valence-corrected chi connectivity index (χ1v) is 10.7. The van der Waals surface area contributed by atoms with Crippen molar-refractivity contribution in [2.24, 2.45) is 10.8 Å². The lowest BCUT2D eigenvalue weighted by molar-refractivity contribution is -0.725. The first-order valence-electron chi connectivity index (χ1n) is 10.7. The number of rotatable bonds is 4. The number of nitrogens with zero attached hydrogens (tertiary/aromatic N) is 2. The Balaban J connectivity index is 2.12. The molecule has 0 unspecified atom stereocenters. The van der Waals surface area contributed by atoms with Crippen LogP contribution in [0.15, 0.2) is 67.3 Å². The van der Waals surface area contributed by atoms with Crippen LogP contribution in [0.25, 0.3) is 0 Å². The Morgan fingerprint density at radius 1 is 0.724 bits per heavy atom. The molecule has 29 heavy (non-hydrogen) atoms. The molecule has 154 valence electrons. The van der Waals surface area contributed by atoms with E-state index in [1.807, 2.05) is 0 Å². The summed E-state index contributed by atoms with van der Waals surface area (Å²) in [6, 6.07) is 18.1. The fourth-order valence-corrected chi connectivity index (χ4v) is 4.63. The molecule has 2 aromatic carbocycles. The van der Waals surface area contributed by atoms with Gasteiger partial charge in [-0.3, -0.25) is 0 Å². The second-order valence-corrected chi connectivity index (χ2v) is 10.6. The van der Waals surface area contributed by atoms with Gasteiger partial charge in [0.25, 0.3) is 0 Å². The van der Waals surface area contributed by atoms with E-state index >= 15 is 0 Å². The van der Waals surface area contributed by atoms with Crippen LogP contribution in [0.4, 0.5) is 0 Å². The number of aryl methyl sites for hydroxylation is 2. The standard InChI is InChI=1S/C27H37N2/c1-20-13-9-11-15-22(20)24(26(3,4)5)28-17-18-29(19-28)25(27(6,7)8)23-16-12-10-14-21(23)2/h9-19,24-25H,1-8H3/q+1/t24-,25-/m1/s1. The van der Waals surface area contributed by atoms with E-state index in [4.69, 9.17) is 0 Å². The highest BCUT2D eigenvalue weighted by molar-refractivity contribution is 5.31. The van der Waals surface area contributed by atoms with Crippen LogP contribution in [0.3, 0.4) is 0 Å². The van der Waals surface area contributed by atoms with Gasteiger partial charge in [-0.1, -0.05) is 90.1 Å². The van der Waals surface area contributed by atoms with Gasteiger partial charge < -0.3 is 0 Å². The zero-order valence-corrected chi connectivity index (χ0v) is 19.4. The minimum atomic E-state index is 0.100. The molecule has 0 bridgehead atoms. The predicted octanol–water partition coefficient (Wildman–Crippen LogP) is 6.66. The van der Waals surface area contributed by atoms with Gasteiger partial charge in [-0.15, -0.1) is 0 Å². The molecule has 3 rings (SSSR count). The molecule has 1 heterocycles. The second-order valence-electron chi connectivity index (χ2n) is 10.6. The van der Waals surface area contributed by atoms with Gasteiger partial charge in [-0.2, -0.15) is 0 Å². The van der Waals surface area contributed by atoms with Crippen molar-refractivity contribution in [3.05, 3.63) is 89.5 Å². The SMILES string of the molecule is Cc1ccccc1[C@@H](n1cc[n+]([C@H](c2ccccc2C)C(C)(C)C)c1)C(C)(C)C. The van der Waals surface area contributed by atoms with E-state index in [0.717, 1.165) is 0 Å². The molecule has 0 radical (unpaired) electrons. The summed E-state index contributed by atoms with van der Waals surface area (Å²) in [5, 5.41) is 0. The Morgan fingerprint density at radius 3 is 1.72 bits per heavy atom. The Kier molecular flexibility index (Phi) is 5.76. The lowest BCUT2D eigenvalue weighted by atomic mass is 9.80. The summed E-state index contributed by atoms with van der Waals surface area (Å²) < 4.78 is 4.80. The maximum Gasteiger partial charge on any atom is 0.244 e. The van der Waals surface area contributed by atoms with Crippen molar-refractivity contribution < 1.29 is 4.57 Å². The highest BCUT2D eigenvalue weighted by Crippen LogP contribution is 2.38. The van der Waals surface area contributed by atoms with Crippen molar-refractivity contribution in [1.29, 1.82) is 0 Å². The smallest absolute Gasteiger partial charge is 0.229 e. The van der Waals surface area contributed by atoms with Gasteiger partial charge in [0.05, 0.1) is 0 Å². The summed E-state index contributed by atoms with van der Waals surface area (Å²) in [5.74, 6) is 0. The zero-order chi connectivity index (χ0) is 21.4. The quantitative estimate of drug-likeness (QED) is 0.441. The van der Waals surface area contributed by atoms with Crippen LogP contribution in [-0.2, 0) is 0 Å². The summed E-state index contributed by atoms with van der Waals surface area (Å²) in [4.78, 5) is 0. The number of hydrogen-bond acceptors (Lipinski definition) is 0. The average molecular weight is 390 g/mol. The first-order chi connectivity index (χ1) is 13.5. The molecule has 0 spiro atoms. The van der Waals surface area contributed by atoms with Crippen LogP contribution in [0.1, 0.15) is 75.9 Å². The minimum Gasteiger partial charge on any atom is -0.229 e. The summed E-state index contributed by atoms with van der Waals surface area (Å²) in [7, 11) is 0. The highest BCUT2D eigenvalue weighted by atomic mass is 15.2. The second kappa shape index (κ2) is 7.82. The third kappa shape index (κ3) is 4.47. The van der Waals surface area contributed by atoms with Crippen molar-refractivity contribution in [3.63, 3.8) is 0 Å². The van der Waals surface area contributed by atoms with Gasteiger partial charge in [0.1, 0.15) is 24.5 Å². The third-order valence-electron chi connectivity index (χ3n) is 5.88. The topological polar surface area (TPSA) is 8.81 Å². The summed E-state index contributed by atoms with van der Waals surface area (Å²) in [6.07, 6.45) is 6.81. The molecular weight excluding hydrogens is 352 g/mol. The van der Waals surface area contributed by atoms with Crippen LogP contribution >= 0.6 is 0 Å². The number of hydrogen-bond donors (Lipinski definition) is 0. The van der Waals surface area contributed by atoms with Crippen molar-refractivity contribution in [1.82, 2.24) is 4.57 Å². The average Bonchev–Trinajstić information content (AvgIpc) is 3.05. The molecule has 0 saturated heterocycles. The van der Waals surface area contributed by atoms with Gasteiger partial charge >= 0.3 is 0 Å². The summed E-state index contributed by atoms with van der Waals surface area (Å²) >= 11 is 0. The molecule has 0 saturated carbocycles. The van der Waals surface area contributed by atoms with Crippen LogP contribution in [0.5, 0.6) is 0 Å². The molecule has 3 aromatic rings. The van der Waals surface area contributed by atoms with Crippen LogP contribution in [-0.4, -0.2) is 4.57 Å². The van der Waals surface area contributed by atoms with Gasteiger partial charge in [-0.25, -0.2) is 9.13 Å². The van der Waals surface area contributed by atoms with Crippen LogP contribution in [0.2, 0.25) is 0 Å². The van der Waals surface area contributed by atoms with Crippen LogP contribution < -0.4 is 4.57 Å². The van der Waals surface area contributed by atoms with Gasteiger partial charge in [-0.05, 0) is 25.0 Å². The molecule has 0 N–H and O–H groups in total. The molecule has 0 aliphatic rings. The van der Waals surface area contributed by atoms with Crippen molar-refractivity contribution in [2.75, 3.05) is 0 Å². The number of benzene rings is 2. The maximum absolute atomic E-state index is 2.40. The van der Waals surface area contributed by atoms with E-state index in [0.29, 0.717) is 0 Å². The Bertz CT molecular complexity index is 888. The molecule has 2 heteroatoms. The predicted molar refractivity (Wildman–Crippen MR) is 122 cm³/mol. The number of aromatic nitrogens is 2. The lowest BCUT2D eigenvalue weighted by Gasteiger charge is -2.31. The summed E-state index contributed by atoms with van der Waals surface area (Å²) in [5.41, 5.74) is 5.68. The molecule has 0 fully saturated rings. The van der Waals surface area contributed by atoms with E-state index in [1.165, 1.54) is 22.3 Å². The van der Waals surface area contributed by atoms with Crippen LogP contribution in [0, 0.1) is 24.7 Å². The van der Waals surface area contributed by atoms with E-state index in [1.54, 1.807) is 0 Å². The largest absolute Gasteiger partial charge is 0.244 e. The van der Waals surface area contributed by atoms with E-state index < -0.39 is 0 Å². The molecule has 1 aromatic heterocycles. The number of imidazole rings is 1. The van der Waals surface area contributed by atoms with E-state index in [-0.39, 0.29) is 22.9 Å².